The molecule has 0 bridgehead atoms. The number of esters is 2. The molecule has 0 aliphatic carbocycles. The lowest BCUT2D eigenvalue weighted by molar-refractivity contribution is -0.152. The monoisotopic (exact) mass is 2400 g/mol. The number of carbonyl (C=O) groups excluding carboxylic acids is 9. The summed E-state index contributed by atoms with van der Waals surface area (Å²) in [5, 5.41) is 33.1. The van der Waals surface area contributed by atoms with Gasteiger partial charge in [0.05, 0.1) is 61.7 Å². The number of aryl methyl sites for hydroxylation is 6. The van der Waals surface area contributed by atoms with Crippen LogP contribution in [0.5, 0.6) is 17.2 Å². The quantitative estimate of drug-likeness (QED) is 0.00912. The first-order valence-corrected chi connectivity index (χ1v) is 47.4. The number of benzene rings is 8. The summed E-state index contributed by atoms with van der Waals surface area (Å²) < 4.78 is 112. The third kappa shape index (κ3) is 32.6. The van der Waals surface area contributed by atoms with Crippen LogP contribution in [0, 0.1) is 78.1 Å². The molecule has 8 N–H and O–H groups in total. The Bertz CT molecular complexity index is 6880. The van der Waals surface area contributed by atoms with Crippen molar-refractivity contribution in [2.24, 2.45) is 0 Å². The Hall–Kier alpha value is -12.4. The highest BCUT2D eigenvalue weighted by atomic mass is 79.9. The van der Waals surface area contributed by atoms with Crippen LogP contribution >= 0.6 is 112 Å². The van der Waals surface area contributed by atoms with Crippen LogP contribution in [0.2, 0.25) is 0 Å². The number of phenolic OH excluding ortho intramolecular Hbond substituents is 3. The second-order valence-corrected chi connectivity index (χ2v) is 37.2. The topological polar surface area (TPSA) is 410 Å². The van der Waals surface area contributed by atoms with Crippen molar-refractivity contribution in [1.29, 1.82) is 0 Å². The predicted molar refractivity (Wildman–Crippen MR) is 561 cm³/mol. The summed E-state index contributed by atoms with van der Waals surface area (Å²) in [4.78, 5) is 107. The molecule has 7 aromatic heterocycles. The number of carbonyl (C=O) groups is 9. The molecule has 8 aromatic carbocycles. The van der Waals surface area contributed by atoms with Crippen LogP contribution < -0.4 is 22.2 Å². The van der Waals surface area contributed by atoms with E-state index in [1.807, 2.05) is 125 Å². The molecule has 40 heteroatoms. The summed E-state index contributed by atoms with van der Waals surface area (Å²) in [7, 11) is -0.363. The zero-order valence-electron chi connectivity index (χ0n) is 76.9. The smallest absolute Gasteiger partial charge is 0.496 e. The molecule has 2 aliphatic rings. The van der Waals surface area contributed by atoms with Crippen LogP contribution in [0.4, 0.5) is 39.4 Å². The number of ether oxygens (including phenoxy) is 2. The average molecular weight is 2410 g/mol. The second kappa shape index (κ2) is 54.2. The fourth-order valence-electron chi connectivity index (χ4n) is 12.3. The van der Waals surface area contributed by atoms with Gasteiger partial charge in [0.15, 0.2) is 30.9 Å². The number of fused-ring (bicyclic) bond motifs is 4. The number of hydrogen-bond donors (Lipinski definition) is 6. The normalized spacial score (nSPS) is 12.2. The van der Waals surface area contributed by atoms with Gasteiger partial charge in [-0.3, -0.25) is 43.2 Å². The highest BCUT2D eigenvalue weighted by Crippen LogP contribution is 2.39. The summed E-state index contributed by atoms with van der Waals surface area (Å²) >= 11 is 22.1. The molecule has 17 rings (SSSR count). The number of nitrogens with zero attached hydrogens (tertiary/aromatic N) is 4. The Morgan fingerprint density at radius 1 is 0.500 bits per heavy atom. The van der Waals surface area contributed by atoms with Crippen molar-refractivity contribution >= 4 is 240 Å². The van der Waals surface area contributed by atoms with E-state index in [4.69, 9.17) is 48.7 Å². The van der Waals surface area contributed by atoms with Gasteiger partial charge in [0, 0.05) is 106 Å². The minimum Gasteiger partial charge on any atom is -0.507 e. The zero-order valence-corrected chi connectivity index (χ0v) is 88.0. The highest BCUT2D eigenvalue weighted by molar-refractivity contribution is 9.11. The maximum absolute atomic E-state index is 13.7. The van der Waals surface area contributed by atoms with E-state index in [9.17, 15) is 70.2 Å². The molecule has 2 fully saturated rings. The molecule has 2 saturated heterocycles. The lowest BCUT2D eigenvalue weighted by Crippen LogP contribution is -2.41. The van der Waals surface area contributed by atoms with E-state index in [1.165, 1.54) is 36.5 Å². The minimum absolute atomic E-state index is 0. The molecule has 142 heavy (non-hydrogen) atoms. The van der Waals surface area contributed by atoms with Crippen molar-refractivity contribution in [3.63, 3.8) is 0 Å². The fourth-order valence-corrected chi connectivity index (χ4v) is 15.2. The molecule has 0 saturated carbocycles. The largest absolute Gasteiger partial charge is 0.507 e. The number of phenols is 3. The maximum atomic E-state index is 13.7. The van der Waals surface area contributed by atoms with Gasteiger partial charge in [-0.2, -0.15) is 13.2 Å². The molecular weight excluding hydrogens is 2310 g/mol. The van der Waals surface area contributed by atoms with E-state index < -0.39 is 57.9 Å². The van der Waals surface area contributed by atoms with Crippen molar-refractivity contribution in [3.05, 3.63) is 301 Å². The molecule has 0 atom stereocenters. The third-order valence-corrected chi connectivity index (χ3v) is 26.5. The number of pyridine rings is 3. The number of aromatic hydroxyl groups is 3. The summed E-state index contributed by atoms with van der Waals surface area (Å²) in [5.74, 6) is -2.79. The maximum Gasteiger partial charge on any atom is 0.496 e. The molecule has 2 aliphatic heterocycles. The van der Waals surface area contributed by atoms with Crippen molar-refractivity contribution in [2.45, 2.75) is 134 Å². The van der Waals surface area contributed by atoms with Gasteiger partial charge in [0.25, 0.3) is 23.9 Å². The number of imide groups is 1. The Morgan fingerprint density at radius 3 is 1.33 bits per heavy atom. The summed E-state index contributed by atoms with van der Waals surface area (Å²) in [6.07, 6.45) is 8.20. The summed E-state index contributed by atoms with van der Waals surface area (Å²) in [6.45, 7) is 25.2. The standard InChI is InChI=1S/C21H13F3N2O2.C14H11FN2O.C11H17BN2O2.C10H7BrO2.C9H6BrFO.C8H6Br2O2.C8H7BrO2.C8H8O2.C7H11BrO4.C4H4BrNO2.2CH4/c1-11-7-17-13(9-18(24)28-17)8-14(11)12-5-6-19(25-10-12)26-21(27)20-15(22)3-2-4-16(20)23;1-8-4-12-10(6-13(15)18-12)5-11(8)9-2-3-14(16)17-7-9;1-10(2)11(3,4)16-12(15-10)8-5-6-9(13)14-7-8;1-6-2-10-7(4-9(6)11)3-8(5-12)13-10;1-5-2-8-6(3-7(5)10)4-9(11)12-8;1-4-6(9)2-5(3-11)8(12)7(4)10;1-5-2-8(11)6(4-10)3-7(5)9;1-6-2-3-7(5-9)8(10)4-6;1-3-11-6(9)5(8)7(10)12-4-2;5-6-3(7)1-2-4(6)8;;/h2-10H,1H3,(H,25,26,27);2-7H,1H3,(H2,16,17);5-7H,1-4H3,(H2,13,14);2-5H,1H3;2-4H,1H3;2-3,12H,1H3;2-4,11H,1H3;2-5,10H,1H3;5H,3-4H2,1-2H3;1-2H2;2*1H4. The molecule has 27 nitrogen and oxygen atoms in total. The molecule has 9 heterocycles. The van der Waals surface area contributed by atoms with Crippen molar-refractivity contribution in [3.8, 4) is 39.5 Å². The van der Waals surface area contributed by atoms with E-state index in [1.54, 1.807) is 99.0 Å². The molecular formula is C102H98BBr7F5N7O20. The minimum atomic E-state index is -1.00. The van der Waals surface area contributed by atoms with Crippen LogP contribution in [-0.2, 0) is 38.0 Å². The molecule has 3 amide bonds. The van der Waals surface area contributed by atoms with Gasteiger partial charge in [-0.15, -0.1) is 0 Å². The van der Waals surface area contributed by atoms with Crippen LogP contribution in [0.15, 0.2) is 222 Å². The number of nitrogens with one attached hydrogen (secondary N) is 1. The number of alkyl halides is 1. The lowest BCUT2D eigenvalue weighted by atomic mass is 9.80. The molecule has 0 spiro atoms. The number of nitrogen functional groups attached to an aromatic ring is 2. The number of aromatic nitrogens is 3. The Balaban J connectivity index is 0.000000246. The van der Waals surface area contributed by atoms with Crippen LogP contribution in [-0.4, -0.2) is 125 Å². The molecule has 15 aromatic rings. The number of furan rings is 4. The predicted octanol–water partition coefficient (Wildman–Crippen LogP) is 26.3. The van der Waals surface area contributed by atoms with E-state index in [-0.39, 0.29) is 86.8 Å². The number of aldehydes is 4. The fraction of sp³-hybridized carbons (Fsp3) is 0.216. The number of hydrogen-bond acceptors (Lipinski definition) is 25. The van der Waals surface area contributed by atoms with Gasteiger partial charge in [-0.05, 0) is 283 Å². The first-order valence-electron chi connectivity index (χ1n) is 41.8. The van der Waals surface area contributed by atoms with E-state index in [2.05, 4.69) is 141 Å². The van der Waals surface area contributed by atoms with E-state index in [0.29, 0.717) is 93.1 Å². The van der Waals surface area contributed by atoms with Gasteiger partial charge in [0.1, 0.15) is 74.2 Å². The van der Waals surface area contributed by atoms with Gasteiger partial charge >= 0.3 is 19.1 Å². The first kappa shape index (κ1) is 118. The average Bonchev–Trinajstić information content (AvgIpc) is 1.62. The van der Waals surface area contributed by atoms with E-state index >= 15 is 0 Å². The Morgan fingerprint density at radius 2 is 0.915 bits per heavy atom. The number of nitrogens with two attached hydrogens (primary N) is 2. The Labute approximate surface area is 873 Å². The molecule has 0 unspecified atom stereocenters. The number of amides is 3. The van der Waals surface area contributed by atoms with Gasteiger partial charge in [-0.25, -0.2) is 27.7 Å². The van der Waals surface area contributed by atoms with Gasteiger partial charge in [0.2, 0.25) is 16.6 Å². The van der Waals surface area contributed by atoms with Gasteiger partial charge < -0.3 is 68.6 Å². The highest BCUT2D eigenvalue weighted by Gasteiger charge is 2.52. The number of anilines is 3. The zero-order chi connectivity index (χ0) is 104. The second-order valence-electron chi connectivity index (χ2n) is 31.4. The van der Waals surface area contributed by atoms with Crippen LogP contribution in [0.3, 0.4) is 0 Å². The first-order chi connectivity index (χ1) is 66.0. The molecule has 748 valence electrons. The number of rotatable bonds is 13. The summed E-state index contributed by atoms with van der Waals surface area (Å²) in [5.41, 5.74) is 24.2. The number of halogens is 12. The van der Waals surface area contributed by atoms with Crippen LogP contribution in [0.25, 0.3) is 66.1 Å². The molecule has 0 radical (unpaired) electrons. The van der Waals surface area contributed by atoms with Gasteiger partial charge in [-0.1, -0.05) is 113 Å². The Kier molecular flexibility index (Phi) is 45.1. The SMILES string of the molecule is C.C.CC1(C)OB(c2ccc(N)nc2)OC1(C)C.CCOC(=O)C(Br)C(=O)OCC.Cc1c(Br)cc(C=O)c(O)c1Br.Cc1cc(O)c(C=O)cc1Br.Cc1cc2oc(C=O)cc2cc1Br.Cc1cc2oc(F)cc2cc1-c1ccc(N)nc1.Cc1cc2oc(F)cc2cc1-c1ccc(NC(=O)c2c(F)cccc2F)nc1.Cc1cc2oc(F)cc2cc1Br.Cc1ccc(C=O)c(O)c1.O=C1CCC(=O)N1Br. The van der Waals surface area contributed by atoms with Crippen molar-refractivity contribution < 1.29 is 117 Å². The van der Waals surface area contributed by atoms with E-state index in [0.717, 1.165) is 122 Å². The van der Waals surface area contributed by atoms with Crippen molar-refractivity contribution in [1.82, 2.24) is 18.9 Å². The van der Waals surface area contributed by atoms with Crippen LogP contribution in [0.1, 0.15) is 160 Å². The third-order valence-electron chi connectivity index (χ3n) is 20.6. The summed E-state index contributed by atoms with van der Waals surface area (Å²) in [6, 6.07) is 42.1. The lowest BCUT2D eigenvalue weighted by Gasteiger charge is -2.32. The van der Waals surface area contributed by atoms with Crippen molar-refractivity contribution in [2.75, 3.05) is 30.0 Å².